The Kier molecular flexibility index (Phi) is 6.11. The van der Waals surface area contributed by atoms with Gasteiger partial charge in [-0.3, -0.25) is 4.79 Å². The molecule has 0 spiro atoms. The smallest absolute Gasteiger partial charge is 0.277 e. The normalized spacial score (nSPS) is 16.4. The van der Waals surface area contributed by atoms with Crippen molar-refractivity contribution in [3.05, 3.63) is 36.2 Å². The van der Waals surface area contributed by atoms with E-state index in [0.717, 1.165) is 54.7 Å². The predicted octanol–water partition coefficient (Wildman–Crippen LogP) is 3.40. The third-order valence-corrected chi connectivity index (χ3v) is 7.32. The number of aromatic nitrogens is 4. The van der Waals surface area contributed by atoms with Gasteiger partial charge in [0.15, 0.2) is 22.3 Å². The van der Waals surface area contributed by atoms with E-state index in [1.54, 1.807) is 29.5 Å². The van der Waals surface area contributed by atoms with Crippen molar-refractivity contribution in [2.75, 3.05) is 60.2 Å². The molecule has 0 radical (unpaired) electrons. The van der Waals surface area contributed by atoms with Gasteiger partial charge in [0, 0.05) is 26.2 Å². The molecular formula is C24H26N8O3S. The van der Waals surface area contributed by atoms with E-state index in [1.807, 2.05) is 6.07 Å². The van der Waals surface area contributed by atoms with Crippen molar-refractivity contribution in [2.45, 2.75) is 19.3 Å². The quantitative estimate of drug-likeness (QED) is 0.414. The van der Waals surface area contributed by atoms with E-state index in [4.69, 9.17) is 24.9 Å². The summed E-state index contributed by atoms with van der Waals surface area (Å²) in [6.45, 7) is 4.76. The fourth-order valence-corrected chi connectivity index (χ4v) is 5.42. The van der Waals surface area contributed by atoms with Gasteiger partial charge in [-0.2, -0.15) is 4.98 Å². The Morgan fingerprint density at radius 2 is 1.83 bits per heavy atom. The maximum absolute atomic E-state index is 13.2. The van der Waals surface area contributed by atoms with Crippen molar-refractivity contribution in [2.24, 2.45) is 0 Å². The molecule has 2 saturated heterocycles. The SMILES string of the molecule is Nc1cccc(-c2nc(C(=O)Nc3cc4sc(N5CCOCC5)nc4nc3N3CCCCC3)co2)n1. The average Bonchev–Trinajstić information content (AvgIpc) is 3.57. The molecule has 0 aliphatic carbocycles. The van der Waals surface area contributed by atoms with E-state index in [1.165, 1.54) is 12.7 Å². The van der Waals surface area contributed by atoms with E-state index in [2.05, 4.69) is 25.1 Å². The summed E-state index contributed by atoms with van der Waals surface area (Å²) in [5.74, 6) is 0.931. The van der Waals surface area contributed by atoms with Gasteiger partial charge in [-0.05, 0) is 37.5 Å². The molecule has 0 unspecified atom stereocenters. The molecule has 0 saturated carbocycles. The number of pyridine rings is 2. The number of piperidine rings is 1. The number of nitrogen functional groups attached to an aromatic ring is 1. The molecule has 12 heteroatoms. The lowest BCUT2D eigenvalue weighted by atomic mass is 10.1. The van der Waals surface area contributed by atoms with Gasteiger partial charge >= 0.3 is 0 Å². The van der Waals surface area contributed by atoms with Gasteiger partial charge in [-0.1, -0.05) is 17.4 Å². The van der Waals surface area contributed by atoms with E-state index >= 15 is 0 Å². The maximum atomic E-state index is 13.2. The second-order valence-electron chi connectivity index (χ2n) is 8.76. The number of morpholine rings is 1. The van der Waals surface area contributed by atoms with Crippen LogP contribution in [0.4, 0.5) is 22.5 Å². The summed E-state index contributed by atoms with van der Waals surface area (Å²) in [5.41, 5.74) is 7.71. The van der Waals surface area contributed by atoms with Crippen molar-refractivity contribution in [3.8, 4) is 11.6 Å². The monoisotopic (exact) mass is 506 g/mol. The first-order valence-electron chi connectivity index (χ1n) is 12.0. The third-order valence-electron chi connectivity index (χ3n) is 6.26. The second kappa shape index (κ2) is 9.70. The molecule has 186 valence electrons. The van der Waals surface area contributed by atoms with Gasteiger partial charge in [0.1, 0.15) is 17.8 Å². The van der Waals surface area contributed by atoms with Crippen LogP contribution in [0.25, 0.3) is 21.9 Å². The first-order valence-corrected chi connectivity index (χ1v) is 12.8. The summed E-state index contributed by atoms with van der Waals surface area (Å²) < 4.78 is 11.9. The highest BCUT2D eigenvalue weighted by Gasteiger charge is 2.23. The average molecular weight is 507 g/mol. The number of carbonyl (C=O) groups is 1. The van der Waals surface area contributed by atoms with Gasteiger partial charge in [-0.25, -0.2) is 15.0 Å². The number of thiazole rings is 1. The number of carbonyl (C=O) groups excluding carboxylic acids is 1. The molecule has 1 amide bonds. The first-order chi connectivity index (χ1) is 17.6. The summed E-state index contributed by atoms with van der Waals surface area (Å²) in [7, 11) is 0. The van der Waals surface area contributed by atoms with Crippen molar-refractivity contribution >= 4 is 50.0 Å². The van der Waals surface area contributed by atoms with Crippen molar-refractivity contribution in [3.63, 3.8) is 0 Å². The number of hydrogen-bond acceptors (Lipinski definition) is 11. The number of nitrogens with one attached hydrogen (secondary N) is 1. The Bertz CT molecular complexity index is 1390. The van der Waals surface area contributed by atoms with Crippen LogP contribution in [0.5, 0.6) is 0 Å². The molecule has 0 bridgehead atoms. The van der Waals surface area contributed by atoms with Crippen LogP contribution >= 0.6 is 11.3 Å². The van der Waals surface area contributed by atoms with Crippen LogP contribution in [0.2, 0.25) is 0 Å². The largest absolute Gasteiger partial charge is 0.442 e. The Morgan fingerprint density at radius 1 is 1.00 bits per heavy atom. The highest BCUT2D eigenvalue weighted by Crippen LogP contribution is 2.35. The third kappa shape index (κ3) is 4.56. The molecular weight excluding hydrogens is 480 g/mol. The number of nitrogens with two attached hydrogens (primary N) is 1. The van der Waals surface area contributed by atoms with Gasteiger partial charge in [0.2, 0.25) is 5.89 Å². The van der Waals surface area contributed by atoms with Crippen LogP contribution in [0.1, 0.15) is 29.8 Å². The molecule has 6 heterocycles. The van der Waals surface area contributed by atoms with Crippen molar-refractivity contribution in [1.29, 1.82) is 0 Å². The summed E-state index contributed by atoms with van der Waals surface area (Å²) in [5, 5.41) is 3.94. The Hall–Kier alpha value is -3.77. The zero-order valence-corrected chi connectivity index (χ0v) is 20.5. The minimum atomic E-state index is -0.383. The molecule has 0 atom stereocenters. The standard InChI is InChI=1S/C24H26N8O3S/c25-19-6-4-5-15(26-19)23-28-17(14-35-23)22(33)27-16-13-18-20(29-21(16)31-7-2-1-3-8-31)30-24(36-18)32-9-11-34-12-10-32/h4-6,13-14H,1-3,7-12H2,(H2,25,26)(H,27,33). The van der Waals surface area contributed by atoms with Crippen LogP contribution in [-0.4, -0.2) is 65.2 Å². The van der Waals surface area contributed by atoms with Crippen molar-refractivity contribution < 1.29 is 13.9 Å². The highest BCUT2D eigenvalue weighted by molar-refractivity contribution is 7.22. The van der Waals surface area contributed by atoms with Crippen LogP contribution in [0.3, 0.4) is 0 Å². The minimum Gasteiger partial charge on any atom is -0.442 e. The summed E-state index contributed by atoms with van der Waals surface area (Å²) in [6.07, 6.45) is 4.69. The van der Waals surface area contributed by atoms with E-state index in [-0.39, 0.29) is 17.5 Å². The van der Waals surface area contributed by atoms with Crippen LogP contribution in [0.15, 0.2) is 34.9 Å². The number of rotatable bonds is 5. The first kappa shape index (κ1) is 22.7. The maximum Gasteiger partial charge on any atom is 0.277 e. The lowest BCUT2D eigenvalue weighted by Crippen LogP contribution is -2.36. The van der Waals surface area contributed by atoms with Gasteiger partial charge in [0.25, 0.3) is 5.91 Å². The van der Waals surface area contributed by atoms with Gasteiger partial charge in [0.05, 0.1) is 23.6 Å². The zero-order chi connectivity index (χ0) is 24.5. The molecule has 36 heavy (non-hydrogen) atoms. The fraction of sp³-hybridized carbons (Fsp3) is 0.375. The molecule has 2 aliphatic heterocycles. The number of fused-ring (bicyclic) bond motifs is 1. The number of amides is 1. The lowest BCUT2D eigenvalue weighted by Gasteiger charge is -2.29. The Balaban J connectivity index is 1.31. The van der Waals surface area contributed by atoms with Crippen molar-refractivity contribution in [1.82, 2.24) is 19.9 Å². The predicted molar refractivity (Wildman–Crippen MR) is 139 cm³/mol. The van der Waals surface area contributed by atoms with Crippen LogP contribution in [0, 0.1) is 0 Å². The highest BCUT2D eigenvalue weighted by atomic mass is 32.1. The van der Waals surface area contributed by atoms with Gasteiger partial charge in [-0.15, -0.1) is 0 Å². The molecule has 2 fully saturated rings. The molecule has 4 aromatic rings. The topological polar surface area (TPSA) is 136 Å². The molecule has 11 nitrogen and oxygen atoms in total. The number of hydrogen-bond donors (Lipinski definition) is 2. The number of anilines is 4. The molecule has 2 aliphatic rings. The summed E-state index contributed by atoms with van der Waals surface area (Å²) in [6, 6.07) is 7.13. The van der Waals surface area contributed by atoms with Gasteiger partial charge < -0.3 is 30.0 Å². The van der Waals surface area contributed by atoms with Crippen LogP contribution < -0.4 is 20.9 Å². The Morgan fingerprint density at radius 3 is 2.64 bits per heavy atom. The number of ether oxygens (including phenoxy) is 1. The van der Waals surface area contributed by atoms with E-state index in [9.17, 15) is 4.79 Å². The zero-order valence-electron chi connectivity index (χ0n) is 19.6. The van der Waals surface area contributed by atoms with E-state index in [0.29, 0.717) is 36.1 Å². The summed E-state index contributed by atoms with van der Waals surface area (Å²) >= 11 is 1.57. The molecule has 0 aromatic carbocycles. The number of nitrogens with zero attached hydrogens (tertiary/aromatic N) is 6. The summed E-state index contributed by atoms with van der Waals surface area (Å²) in [4.78, 5) is 35.9. The fourth-order valence-electron chi connectivity index (χ4n) is 4.42. The molecule has 6 rings (SSSR count). The second-order valence-corrected chi connectivity index (χ2v) is 9.77. The minimum absolute atomic E-state index is 0.150. The lowest BCUT2D eigenvalue weighted by molar-refractivity contribution is 0.102. The molecule has 4 aromatic heterocycles. The van der Waals surface area contributed by atoms with E-state index < -0.39 is 0 Å². The number of oxazole rings is 1. The van der Waals surface area contributed by atoms with Crippen LogP contribution in [-0.2, 0) is 4.74 Å². The molecule has 3 N–H and O–H groups in total. The Labute approximate surface area is 211 Å².